The number of carbonyl (C=O) groups is 1. The second-order valence-corrected chi connectivity index (χ2v) is 11.1. The van der Waals surface area contributed by atoms with Crippen molar-refractivity contribution in [3.63, 3.8) is 0 Å². The summed E-state index contributed by atoms with van der Waals surface area (Å²) in [6.45, 7) is 21.5. The second-order valence-electron chi connectivity index (χ2n) is 11.1. The first-order valence-electron chi connectivity index (χ1n) is 13.1. The van der Waals surface area contributed by atoms with E-state index in [2.05, 4.69) is 89.5 Å². The molecule has 1 heterocycles. The molecule has 0 spiro atoms. The van der Waals surface area contributed by atoms with Crippen LogP contribution in [-0.2, 0) is 4.79 Å². The molecule has 1 saturated heterocycles. The first-order valence-corrected chi connectivity index (χ1v) is 13.1. The Morgan fingerprint density at radius 3 is 1.42 bits per heavy atom. The van der Waals surface area contributed by atoms with E-state index in [-0.39, 0.29) is 5.54 Å². The molecule has 0 unspecified atom stereocenters. The Bertz CT molecular complexity index is 706. The van der Waals surface area contributed by atoms with Crippen LogP contribution < -0.4 is 0 Å². The highest BCUT2D eigenvalue weighted by atomic mass is 16.2. The van der Waals surface area contributed by atoms with Gasteiger partial charge in [0.25, 0.3) is 0 Å². The van der Waals surface area contributed by atoms with E-state index < -0.39 is 0 Å². The van der Waals surface area contributed by atoms with Crippen LogP contribution in [0.25, 0.3) is 0 Å². The van der Waals surface area contributed by atoms with Gasteiger partial charge in [0.2, 0.25) is 5.91 Å². The molecule has 0 atom stereocenters. The first-order chi connectivity index (χ1) is 15.5. The zero-order valence-corrected chi connectivity index (χ0v) is 23.1. The van der Waals surface area contributed by atoms with Gasteiger partial charge in [0.05, 0.1) is 0 Å². The predicted molar refractivity (Wildman–Crippen MR) is 146 cm³/mol. The number of hydrogen-bond acceptors (Lipinski definition) is 2. The smallest absolute Gasteiger partial charge is 0.222 e. The van der Waals surface area contributed by atoms with Crippen molar-refractivity contribution in [2.45, 2.75) is 112 Å². The van der Waals surface area contributed by atoms with Crippen molar-refractivity contribution >= 4 is 5.91 Å². The summed E-state index contributed by atoms with van der Waals surface area (Å²) in [6, 6.07) is 0. The minimum atomic E-state index is 0.197. The van der Waals surface area contributed by atoms with Crippen LogP contribution in [0.1, 0.15) is 107 Å². The van der Waals surface area contributed by atoms with Crippen LogP contribution in [0, 0.1) is 0 Å². The van der Waals surface area contributed by atoms with Crippen molar-refractivity contribution in [3.8, 4) is 0 Å². The van der Waals surface area contributed by atoms with Gasteiger partial charge in [-0.05, 0) is 100 Å². The number of hydrogen-bond donors (Lipinski definition) is 0. The number of carbonyl (C=O) groups excluding carboxylic acids is 1. The summed E-state index contributed by atoms with van der Waals surface area (Å²) < 4.78 is 0. The van der Waals surface area contributed by atoms with E-state index in [1.54, 1.807) is 0 Å². The second kappa shape index (κ2) is 15.3. The topological polar surface area (TPSA) is 23.6 Å². The number of nitrogens with zero attached hydrogens (tertiary/aromatic N) is 2. The third-order valence-corrected chi connectivity index (χ3v) is 6.59. The maximum Gasteiger partial charge on any atom is 0.222 e. The molecule has 0 aromatic carbocycles. The third kappa shape index (κ3) is 13.6. The van der Waals surface area contributed by atoms with E-state index in [0.29, 0.717) is 12.3 Å². The van der Waals surface area contributed by atoms with Gasteiger partial charge in [-0.15, -0.1) is 0 Å². The molecule has 1 rings (SSSR count). The maximum absolute atomic E-state index is 12.5. The number of rotatable bonds is 12. The molecule has 0 saturated carbocycles. The standard InChI is InChI=1S/C30H52N2O/c1-25(2)13-9-14-26(3)15-10-16-27(4)17-11-18-28(5)19-12-20-29(33)31-21-23-32(24-22-31)30(6,7)8/h13,15,17,19H,9-12,14,16,18,20-24H2,1-8H3/b26-15+,27-17+,28-19+. The molecular formula is C30H52N2O. The molecule has 3 heteroatoms. The molecule has 1 fully saturated rings. The van der Waals surface area contributed by atoms with Crippen LogP contribution in [0.5, 0.6) is 0 Å². The lowest BCUT2D eigenvalue weighted by Gasteiger charge is -2.42. The molecule has 188 valence electrons. The van der Waals surface area contributed by atoms with Gasteiger partial charge in [0.1, 0.15) is 0 Å². The lowest BCUT2D eigenvalue weighted by Crippen LogP contribution is -2.54. The van der Waals surface area contributed by atoms with Crippen LogP contribution in [-0.4, -0.2) is 47.4 Å². The van der Waals surface area contributed by atoms with Gasteiger partial charge >= 0.3 is 0 Å². The summed E-state index contributed by atoms with van der Waals surface area (Å²) in [5.74, 6) is 0.313. The Kier molecular flexibility index (Phi) is 13.7. The molecule has 0 radical (unpaired) electrons. The zero-order chi connectivity index (χ0) is 24.9. The minimum Gasteiger partial charge on any atom is -0.340 e. The Balaban J connectivity index is 2.24. The first kappa shape index (κ1) is 29.4. The number of piperazine rings is 1. The summed E-state index contributed by atoms with van der Waals surface area (Å²) in [5, 5.41) is 0. The molecule has 0 aromatic rings. The van der Waals surface area contributed by atoms with E-state index >= 15 is 0 Å². The molecule has 1 amide bonds. The fourth-order valence-corrected chi connectivity index (χ4v) is 4.21. The quantitative estimate of drug-likeness (QED) is 0.279. The minimum absolute atomic E-state index is 0.197. The van der Waals surface area contributed by atoms with Gasteiger partial charge in [0, 0.05) is 38.1 Å². The Morgan fingerprint density at radius 1 is 0.636 bits per heavy atom. The van der Waals surface area contributed by atoms with E-state index in [9.17, 15) is 4.79 Å². The van der Waals surface area contributed by atoms with Gasteiger partial charge in [-0.3, -0.25) is 9.69 Å². The van der Waals surface area contributed by atoms with E-state index in [4.69, 9.17) is 0 Å². The van der Waals surface area contributed by atoms with Crippen LogP contribution in [0.15, 0.2) is 46.6 Å². The highest BCUT2D eigenvalue weighted by Gasteiger charge is 2.27. The lowest BCUT2D eigenvalue weighted by atomic mass is 10.0. The van der Waals surface area contributed by atoms with E-state index in [1.807, 2.05) is 0 Å². The van der Waals surface area contributed by atoms with Crippen molar-refractivity contribution in [2.75, 3.05) is 26.2 Å². The normalized spacial score (nSPS) is 16.8. The van der Waals surface area contributed by atoms with Crippen LogP contribution in [0.3, 0.4) is 0 Å². The van der Waals surface area contributed by atoms with Crippen molar-refractivity contribution in [1.82, 2.24) is 9.80 Å². The highest BCUT2D eigenvalue weighted by molar-refractivity contribution is 5.76. The summed E-state index contributed by atoms with van der Waals surface area (Å²) >= 11 is 0. The molecule has 0 N–H and O–H groups in total. The van der Waals surface area contributed by atoms with Crippen LogP contribution in [0.4, 0.5) is 0 Å². The fraction of sp³-hybridized carbons (Fsp3) is 0.700. The Labute approximate surface area is 205 Å². The number of amides is 1. The van der Waals surface area contributed by atoms with Crippen molar-refractivity contribution in [3.05, 3.63) is 46.6 Å². The molecule has 3 nitrogen and oxygen atoms in total. The van der Waals surface area contributed by atoms with Crippen LogP contribution >= 0.6 is 0 Å². The average Bonchev–Trinajstić information content (AvgIpc) is 2.73. The Morgan fingerprint density at radius 2 is 1.03 bits per heavy atom. The Hall–Kier alpha value is -1.61. The fourth-order valence-electron chi connectivity index (χ4n) is 4.21. The zero-order valence-electron chi connectivity index (χ0n) is 23.1. The van der Waals surface area contributed by atoms with Gasteiger partial charge in [-0.25, -0.2) is 0 Å². The van der Waals surface area contributed by atoms with Gasteiger partial charge in [0.15, 0.2) is 0 Å². The van der Waals surface area contributed by atoms with Crippen molar-refractivity contribution in [2.24, 2.45) is 0 Å². The predicted octanol–water partition coefficient (Wildman–Crippen LogP) is 7.86. The SMILES string of the molecule is CC(C)=CCC/C(C)=C/CC/C(C)=C/CC/C(C)=C/CCC(=O)N1CCN(C(C)(C)C)CC1. The van der Waals surface area contributed by atoms with E-state index in [0.717, 1.165) is 64.7 Å². The number of allylic oxidation sites excluding steroid dienone is 8. The van der Waals surface area contributed by atoms with Gasteiger partial charge in [-0.2, -0.15) is 0 Å². The van der Waals surface area contributed by atoms with Gasteiger partial charge < -0.3 is 4.90 Å². The van der Waals surface area contributed by atoms with Crippen molar-refractivity contribution in [1.29, 1.82) is 0 Å². The largest absolute Gasteiger partial charge is 0.340 e. The third-order valence-electron chi connectivity index (χ3n) is 6.59. The monoisotopic (exact) mass is 456 g/mol. The van der Waals surface area contributed by atoms with Crippen LogP contribution in [0.2, 0.25) is 0 Å². The molecule has 1 aliphatic heterocycles. The summed E-state index contributed by atoms with van der Waals surface area (Å²) in [6.07, 6.45) is 17.7. The molecular weight excluding hydrogens is 404 g/mol. The van der Waals surface area contributed by atoms with E-state index in [1.165, 1.54) is 28.7 Å². The van der Waals surface area contributed by atoms with Gasteiger partial charge in [-0.1, -0.05) is 46.6 Å². The lowest BCUT2D eigenvalue weighted by molar-refractivity contribution is -0.133. The highest BCUT2D eigenvalue weighted by Crippen LogP contribution is 2.17. The summed E-state index contributed by atoms with van der Waals surface area (Å²) in [5.41, 5.74) is 6.00. The average molecular weight is 457 g/mol. The molecule has 0 aliphatic carbocycles. The molecule has 0 aromatic heterocycles. The molecule has 0 bridgehead atoms. The maximum atomic E-state index is 12.5. The van der Waals surface area contributed by atoms with Crippen molar-refractivity contribution < 1.29 is 4.79 Å². The molecule has 1 aliphatic rings. The summed E-state index contributed by atoms with van der Waals surface area (Å²) in [7, 11) is 0. The summed E-state index contributed by atoms with van der Waals surface area (Å²) in [4.78, 5) is 17.1. The molecule has 33 heavy (non-hydrogen) atoms.